The fraction of sp³-hybridized carbons (Fsp3) is 0.909. The minimum absolute atomic E-state index is 0.114. The molecule has 0 aromatic heterocycles. The van der Waals surface area contributed by atoms with Crippen LogP contribution >= 0.6 is 0 Å². The normalized spacial score (nSPS) is 39.9. The van der Waals surface area contributed by atoms with Gasteiger partial charge < -0.3 is 29.2 Å². The number of hydrogen-bond acceptors (Lipinski definition) is 7. The topological polar surface area (TPSA) is 94.5 Å². The summed E-state index contributed by atoms with van der Waals surface area (Å²) in [5.41, 5.74) is -2.04. The van der Waals surface area contributed by atoms with Crippen molar-refractivity contribution < 1.29 is 34.0 Å². The second kappa shape index (κ2) is 5.50. The Morgan fingerprint density at radius 3 is 2.39 bits per heavy atom. The van der Waals surface area contributed by atoms with Crippen LogP contribution in [0.3, 0.4) is 0 Å². The number of rotatable bonds is 5. The summed E-state index contributed by atoms with van der Waals surface area (Å²) in [5, 5.41) is 19.7. The SMILES string of the molecule is COC(=O)[C@@]1(O)[C@@H](CCO)[C@H](OC)O[C@]1(C)OC. The largest absolute Gasteiger partial charge is 0.467 e. The van der Waals surface area contributed by atoms with Gasteiger partial charge in [0.15, 0.2) is 6.29 Å². The molecular formula is C11H20O7. The van der Waals surface area contributed by atoms with E-state index in [1.54, 1.807) is 0 Å². The summed E-state index contributed by atoms with van der Waals surface area (Å²) in [7, 11) is 3.85. The van der Waals surface area contributed by atoms with Crippen LogP contribution in [0, 0.1) is 5.92 Å². The van der Waals surface area contributed by atoms with Crippen molar-refractivity contribution in [1.29, 1.82) is 0 Å². The summed E-state index contributed by atoms with van der Waals surface area (Å²) in [5.74, 6) is -3.27. The maximum absolute atomic E-state index is 11.9. The Kier molecular flexibility index (Phi) is 4.68. The fourth-order valence-electron chi connectivity index (χ4n) is 2.32. The summed E-state index contributed by atoms with van der Waals surface area (Å²) in [6.45, 7) is 1.19. The molecule has 7 nitrogen and oxygen atoms in total. The van der Waals surface area contributed by atoms with Crippen molar-refractivity contribution in [3.05, 3.63) is 0 Å². The maximum atomic E-state index is 11.9. The Morgan fingerprint density at radius 1 is 1.39 bits per heavy atom. The highest BCUT2D eigenvalue weighted by Crippen LogP contribution is 2.46. The summed E-state index contributed by atoms with van der Waals surface area (Å²) >= 11 is 0. The molecule has 7 heteroatoms. The molecule has 0 bridgehead atoms. The lowest BCUT2D eigenvalue weighted by molar-refractivity contribution is -0.287. The van der Waals surface area contributed by atoms with Crippen molar-refractivity contribution in [3.8, 4) is 0 Å². The zero-order valence-corrected chi connectivity index (χ0v) is 11.0. The standard InChI is InChI=1S/C11H20O7/c1-10(17-4)11(14,9(13)16-3)7(5-6-12)8(15-2)18-10/h7-8,12,14H,5-6H2,1-4H3/t7-,8+,10-,11-/m0/s1. The van der Waals surface area contributed by atoms with Gasteiger partial charge in [-0.25, -0.2) is 4.79 Å². The van der Waals surface area contributed by atoms with Gasteiger partial charge in [-0.15, -0.1) is 0 Å². The van der Waals surface area contributed by atoms with Gasteiger partial charge in [0.2, 0.25) is 11.4 Å². The van der Waals surface area contributed by atoms with Gasteiger partial charge in [-0.05, 0) is 13.3 Å². The molecule has 1 aliphatic rings. The maximum Gasteiger partial charge on any atom is 0.344 e. The molecule has 1 saturated heterocycles. The van der Waals surface area contributed by atoms with Crippen LogP contribution in [0.5, 0.6) is 0 Å². The molecular weight excluding hydrogens is 244 g/mol. The third-order valence-electron chi connectivity index (χ3n) is 3.46. The van der Waals surface area contributed by atoms with Crippen molar-refractivity contribution in [2.75, 3.05) is 27.9 Å². The molecule has 106 valence electrons. The van der Waals surface area contributed by atoms with E-state index in [4.69, 9.17) is 19.3 Å². The van der Waals surface area contributed by atoms with Crippen LogP contribution in [-0.2, 0) is 23.7 Å². The zero-order valence-electron chi connectivity index (χ0n) is 11.0. The second-order valence-corrected chi connectivity index (χ2v) is 4.25. The molecule has 4 atom stereocenters. The van der Waals surface area contributed by atoms with Gasteiger partial charge in [0.05, 0.1) is 13.0 Å². The second-order valence-electron chi connectivity index (χ2n) is 4.25. The van der Waals surface area contributed by atoms with Gasteiger partial charge in [0, 0.05) is 20.8 Å². The van der Waals surface area contributed by atoms with Gasteiger partial charge in [-0.1, -0.05) is 0 Å². The average molecular weight is 264 g/mol. The number of aliphatic hydroxyl groups is 2. The van der Waals surface area contributed by atoms with Crippen molar-refractivity contribution in [2.45, 2.75) is 31.0 Å². The van der Waals surface area contributed by atoms with Crippen molar-refractivity contribution in [1.82, 2.24) is 0 Å². The summed E-state index contributed by atoms with van der Waals surface area (Å²) in [6, 6.07) is 0. The van der Waals surface area contributed by atoms with E-state index in [1.165, 1.54) is 21.1 Å². The lowest BCUT2D eigenvalue weighted by Gasteiger charge is -2.36. The van der Waals surface area contributed by atoms with E-state index >= 15 is 0 Å². The molecule has 0 amide bonds. The van der Waals surface area contributed by atoms with Gasteiger partial charge in [-0.3, -0.25) is 0 Å². The van der Waals surface area contributed by atoms with E-state index < -0.39 is 29.6 Å². The molecule has 1 aliphatic heterocycles. The van der Waals surface area contributed by atoms with Crippen molar-refractivity contribution >= 4 is 5.97 Å². The van der Waals surface area contributed by atoms with Crippen LogP contribution in [0.1, 0.15) is 13.3 Å². The first-order valence-corrected chi connectivity index (χ1v) is 5.58. The smallest absolute Gasteiger partial charge is 0.344 e. The number of ether oxygens (including phenoxy) is 4. The highest BCUT2D eigenvalue weighted by atomic mass is 16.8. The first kappa shape index (κ1) is 15.3. The van der Waals surface area contributed by atoms with Gasteiger partial charge in [0.1, 0.15) is 0 Å². The number of esters is 1. The van der Waals surface area contributed by atoms with E-state index in [-0.39, 0.29) is 13.0 Å². The lowest BCUT2D eigenvalue weighted by atomic mass is 9.81. The van der Waals surface area contributed by atoms with Gasteiger partial charge >= 0.3 is 5.97 Å². The molecule has 1 heterocycles. The predicted molar refractivity (Wildman–Crippen MR) is 59.5 cm³/mol. The number of methoxy groups -OCH3 is 3. The van der Waals surface area contributed by atoms with Crippen LogP contribution in [0.2, 0.25) is 0 Å². The fourth-order valence-corrected chi connectivity index (χ4v) is 2.32. The van der Waals surface area contributed by atoms with E-state index in [9.17, 15) is 9.90 Å². The van der Waals surface area contributed by atoms with Crippen molar-refractivity contribution in [2.24, 2.45) is 5.92 Å². The molecule has 0 spiro atoms. The quantitative estimate of drug-likeness (QED) is 0.631. The predicted octanol–water partition coefficient (Wildman–Crippen LogP) is -0.746. The molecule has 1 fully saturated rings. The summed E-state index contributed by atoms with van der Waals surface area (Å²) in [4.78, 5) is 11.9. The van der Waals surface area contributed by atoms with Crippen LogP contribution in [0.25, 0.3) is 0 Å². The molecule has 0 aromatic carbocycles. The molecule has 2 N–H and O–H groups in total. The van der Waals surface area contributed by atoms with Gasteiger partial charge in [0.25, 0.3) is 0 Å². The highest BCUT2D eigenvalue weighted by molar-refractivity contribution is 5.81. The van der Waals surface area contributed by atoms with Crippen LogP contribution in [0.4, 0.5) is 0 Å². The Hall–Kier alpha value is -0.730. The van der Waals surface area contributed by atoms with E-state index in [2.05, 4.69) is 4.74 Å². The molecule has 0 saturated carbocycles. The Bertz CT molecular complexity index is 308. The molecule has 0 aliphatic carbocycles. The summed E-state index contributed by atoms with van der Waals surface area (Å²) in [6.07, 6.45) is -0.755. The highest BCUT2D eigenvalue weighted by Gasteiger charge is 2.69. The Morgan fingerprint density at radius 2 is 2.00 bits per heavy atom. The minimum atomic E-state index is -2.04. The molecule has 1 rings (SSSR count). The molecule has 0 aromatic rings. The van der Waals surface area contributed by atoms with Crippen LogP contribution in [0.15, 0.2) is 0 Å². The Labute approximate surface area is 106 Å². The first-order chi connectivity index (χ1) is 8.41. The average Bonchev–Trinajstić information content (AvgIpc) is 2.61. The zero-order chi connectivity index (χ0) is 14.0. The third-order valence-corrected chi connectivity index (χ3v) is 3.46. The van der Waals surface area contributed by atoms with Crippen LogP contribution < -0.4 is 0 Å². The Balaban J connectivity index is 3.21. The molecule has 18 heavy (non-hydrogen) atoms. The lowest BCUT2D eigenvalue weighted by Crippen LogP contribution is -2.59. The minimum Gasteiger partial charge on any atom is -0.467 e. The monoisotopic (exact) mass is 264 g/mol. The third kappa shape index (κ3) is 2.02. The number of aliphatic hydroxyl groups excluding tert-OH is 1. The van der Waals surface area contributed by atoms with Crippen molar-refractivity contribution in [3.63, 3.8) is 0 Å². The molecule has 0 unspecified atom stereocenters. The van der Waals surface area contributed by atoms with E-state index in [0.717, 1.165) is 7.11 Å². The van der Waals surface area contributed by atoms with Crippen LogP contribution in [-0.4, -0.2) is 61.8 Å². The summed E-state index contributed by atoms with van der Waals surface area (Å²) < 4.78 is 20.3. The number of carbonyl (C=O) groups excluding carboxylic acids is 1. The number of hydrogen-bond donors (Lipinski definition) is 2. The van der Waals surface area contributed by atoms with E-state index in [1.807, 2.05) is 0 Å². The molecule has 0 radical (unpaired) electrons. The first-order valence-electron chi connectivity index (χ1n) is 5.58. The van der Waals surface area contributed by atoms with Gasteiger partial charge in [-0.2, -0.15) is 0 Å². The number of carbonyl (C=O) groups is 1. The van der Waals surface area contributed by atoms with E-state index in [0.29, 0.717) is 0 Å².